The Kier molecular flexibility index (Phi) is 5.16. The number of nitro groups is 1. The van der Waals surface area contributed by atoms with Crippen LogP contribution in [-0.2, 0) is 0 Å². The summed E-state index contributed by atoms with van der Waals surface area (Å²) in [5.74, 6) is 0.708. The maximum Gasteiger partial charge on any atom is 0.246 e. The van der Waals surface area contributed by atoms with Gasteiger partial charge in [0.2, 0.25) is 5.70 Å². The Morgan fingerprint density at radius 1 is 1.47 bits per heavy atom. The number of aliphatic hydroxyl groups is 1. The van der Waals surface area contributed by atoms with Gasteiger partial charge >= 0.3 is 0 Å². The molecule has 1 N–H and O–H groups in total. The number of allylic oxidation sites excluding steroid dienone is 1. The summed E-state index contributed by atoms with van der Waals surface area (Å²) in [5.41, 5.74) is 0.847. The van der Waals surface area contributed by atoms with E-state index < -0.39 is 4.92 Å². The summed E-state index contributed by atoms with van der Waals surface area (Å²) >= 11 is 0. The van der Waals surface area contributed by atoms with Crippen LogP contribution in [0, 0.1) is 10.1 Å². The van der Waals surface area contributed by atoms with Crippen LogP contribution in [0.3, 0.4) is 0 Å². The van der Waals surface area contributed by atoms with Crippen molar-refractivity contribution in [1.29, 1.82) is 0 Å². The maximum atomic E-state index is 10.8. The molecule has 0 unspecified atom stereocenters. The van der Waals surface area contributed by atoms with Crippen LogP contribution in [-0.4, -0.2) is 23.7 Å². The fourth-order valence-electron chi connectivity index (χ4n) is 1.37. The average Bonchev–Trinajstić information content (AvgIpc) is 2.35. The second-order valence-electron chi connectivity index (χ2n) is 3.49. The summed E-state index contributed by atoms with van der Waals surface area (Å²) in [4.78, 5) is 10.3. The molecule has 0 bridgehead atoms. The largest absolute Gasteiger partial charge is 0.497 e. The third-order valence-electron chi connectivity index (χ3n) is 2.27. The van der Waals surface area contributed by atoms with Gasteiger partial charge in [0.1, 0.15) is 5.75 Å². The quantitative estimate of drug-likeness (QED) is 0.607. The summed E-state index contributed by atoms with van der Waals surface area (Å²) in [6.07, 6.45) is 2.16. The molecular weight excluding hydrogens is 222 g/mol. The molecule has 0 aliphatic carbocycles. The predicted molar refractivity (Wildman–Crippen MR) is 64.3 cm³/mol. The van der Waals surface area contributed by atoms with Crippen LogP contribution in [0.5, 0.6) is 5.75 Å². The van der Waals surface area contributed by atoms with Crippen LogP contribution in [0.25, 0.3) is 6.08 Å². The zero-order chi connectivity index (χ0) is 12.7. The lowest BCUT2D eigenvalue weighted by Gasteiger charge is -2.00. The standard InChI is InChI=1S/C12H15NO4/c1-17-12-6-4-10(5-7-12)9-11(13(15)16)3-2-8-14/h4-7,9,14H,2-3,8H2,1H3/b11-9+. The van der Waals surface area contributed by atoms with Gasteiger partial charge in [-0.1, -0.05) is 12.1 Å². The van der Waals surface area contributed by atoms with Crippen molar-refractivity contribution < 1.29 is 14.8 Å². The monoisotopic (exact) mass is 237 g/mol. The maximum absolute atomic E-state index is 10.8. The van der Waals surface area contributed by atoms with Crippen LogP contribution >= 0.6 is 0 Å². The molecule has 17 heavy (non-hydrogen) atoms. The number of aliphatic hydroxyl groups excluding tert-OH is 1. The van der Waals surface area contributed by atoms with Gasteiger partial charge in [0.15, 0.2) is 0 Å². The Balaban J connectivity index is 2.84. The molecule has 0 radical (unpaired) electrons. The number of hydrogen-bond donors (Lipinski definition) is 1. The van der Waals surface area contributed by atoms with E-state index in [0.29, 0.717) is 12.2 Å². The van der Waals surface area contributed by atoms with Gasteiger partial charge in [0.05, 0.1) is 12.0 Å². The van der Waals surface area contributed by atoms with Gasteiger partial charge in [-0.15, -0.1) is 0 Å². The summed E-state index contributed by atoms with van der Waals surface area (Å²) in [7, 11) is 1.56. The Morgan fingerprint density at radius 3 is 2.59 bits per heavy atom. The normalized spacial score (nSPS) is 11.3. The zero-order valence-electron chi connectivity index (χ0n) is 9.63. The van der Waals surface area contributed by atoms with E-state index in [1.165, 1.54) is 6.08 Å². The first-order valence-corrected chi connectivity index (χ1v) is 5.27. The molecule has 0 aliphatic rings. The van der Waals surface area contributed by atoms with Crippen molar-refractivity contribution in [3.63, 3.8) is 0 Å². The fourth-order valence-corrected chi connectivity index (χ4v) is 1.37. The van der Waals surface area contributed by atoms with E-state index in [4.69, 9.17) is 9.84 Å². The lowest BCUT2D eigenvalue weighted by Crippen LogP contribution is -1.99. The highest BCUT2D eigenvalue weighted by atomic mass is 16.6. The number of methoxy groups -OCH3 is 1. The number of ether oxygens (including phenoxy) is 1. The number of hydrogen-bond acceptors (Lipinski definition) is 4. The second-order valence-corrected chi connectivity index (χ2v) is 3.49. The van der Waals surface area contributed by atoms with Crippen LogP contribution in [0.4, 0.5) is 0 Å². The molecule has 0 amide bonds. The minimum Gasteiger partial charge on any atom is -0.497 e. The lowest BCUT2D eigenvalue weighted by atomic mass is 10.1. The summed E-state index contributed by atoms with van der Waals surface area (Å²) in [5, 5.41) is 19.4. The molecule has 1 rings (SSSR count). The number of nitrogens with zero attached hydrogens (tertiary/aromatic N) is 1. The minimum absolute atomic E-state index is 0.0478. The molecule has 5 nitrogen and oxygen atoms in total. The zero-order valence-corrected chi connectivity index (χ0v) is 9.63. The van der Waals surface area contributed by atoms with Crippen LogP contribution in [0.15, 0.2) is 30.0 Å². The molecule has 92 valence electrons. The van der Waals surface area contributed by atoms with Crippen LogP contribution in [0.2, 0.25) is 0 Å². The van der Waals surface area contributed by atoms with Gasteiger partial charge in [0.25, 0.3) is 0 Å². The van der Waals surface area contributed by atoms with Crippen molar-refractivity contribution >= 4 is 6.08 Å². The number of rotatable bonds is 6. The van der Waals surface area contributed by atoms with Crippen molar-refractivity contribution in [2.24, 2.45) is 0 Å². The van der Waals surface area contributed by atoms with E-state index >= 15 is 0 Å². The van der Waals surface area contributed by atoms with Crippen molar-refractivity contribution in [3.8, 4) is 5.75 Å². The Labute approximate surface area is 99.5 Å². The minimum atomic E-state index is -0.417. The van der Waals surface area contributed by atoms with Crippen molar-refractivity contribution in [3.05, 3.63) is 45.6 Å². The molecule has 0 saturated heterocycles. The van der Waals surface area contributed by atoms with E-state index in [1.807, 2.05) is 0 Å². The van der Waals surface area contributed by atoms with Gasteiger partial charge in [-0.3, -0.25) is 10.1 Å². The topological polar surface area (TPSA) is 72.6 Å². The summed E-state index contributed by atoms with van der Waals surface area (Å²) < 4.78 is 5.00. The van der Waals surface area contributed by atoms with Gasteiger partial charge in [-0.2, -0.15) is 0 Å². The van der Waals surface area contributed by atoms with Gasteiger partial charge < -0.3 is 9.84 Å². The van der Waals surface area contributed by atoms with E-state index in [2.05, 4.69) is 0 Å². The molecule has 1 aromatic rings. The van der Waals surface area contributed by atoms with Gasteiger partial charge in [-0.25, -0.2) is 0 Å². The Bertz CT molecular complexity index is 397. The molecule has 0 saturated carbocycles. The van der Waals surface area contributed by atoms with Gasteiger partial charge in [0, 0.05) is 19.1 Å². The van der Waals surface area contributed by atoms with Crippen LogP contribution in [0.1, 0.15) is 18.4 Å². The fraction of sp³-hybridized carbons (Fsp3) is 0.333. The molecule has 0 atom stereocenters. The molecule has 0 spiro atoms. The van der Waals surface area contributed by atoms with E-state index in [9.17, 15) is 10.1 Å². The second kappa shape index (κ2) is 6.65. The first kappa shape index (κ1) is 13.2. The van der Waals surface area contributed by atoms with E-state index in [1.54, 1.807) is 31.4 Å². The SMILES string of the molecule is COc1ccc(/C=C(\CCCO)[N+](=O)[O-])cc1. The smallest absolute Gasteiger partial charge is 0.246 e. The highest BCUT2D eigenvalue weighted by Gasteiger charge is 2.09. The summed E-state index contributed by atoms with van der Waals surface area (Å²) in [6.45, 7) is -0.0478. The lowest BCUT2D eigenvalue weighted by molar-refractivity contribution is -0.426. The summed E-state index contributed by atoms with van der Waals surface area (Å²) in [6, 6.07) is 6.99. The predicted octanol–water partition coefficient (Wildman–Crippen LogP) is 2.09. The molecule has 0 aromatic heterocycles. The van der Waals surface area contributed by atoms with Gasteiger partial charge in [-0.05, 0) is 24.1 Å². The molecule has 1 aromatic carbocycles. The van der Waals surface area contributed by atoms with Crippen LogP contribution < -0.4 is 4.74 Å². The number of benzene rings is 1. The van der Waals surface area contributed by atoms with E-state index in [0.717, 1.165) is 5.56 Å². The Morgan fingerprint density at radius 2 is 2.12 bits per heavy atom. The third-order valence-corrected chi connectivity index (χ3v) is 2.27. The molecular formula is C12H15NO4. The van der Waals surface area contributed by atoms with Crippen molar-refractivity contribution in [2.75, 3.05) is 13.7 Å². The van der Waals surface area contributed by atoms with E-state index in [-0.39, 0.29) is 18.7 Å². The first-order valence-electron chi connectivity index (χ1n) is 5.27. The average molecular weight is 237 g/mol. The molecule has 0 heterocycles. The highest BCUT2D eigenvalue weighted by Crippen LogP contribution is 2.16. The highest BCUT2D eigenvalue weighted by molar-refractivity contribution is 5.52. The molecule has 5 heteroatoms. The third kappa shape index (κ3) is 4.24. The first-order chi connectivity index (χ1) is 8.17. The Hall–Kier alpha value is -1.88. The van der Waals surface area contributed by atoms with Crippen molar-refractivity contribution in [2.45, 2.75) is 12.8 Å². The van der Waals surface area contributed by atoms with Crippen molar-refractivity contribution in [1.82, 2.24) is 0 Å². The molecule has 0 fully saturated rings. The molecule has 0 aliphatic heterocycles.